The Morgan fingerprint density at radius 1 is 1.35 bits per heavy atom. The number of hydrogen-bond donors (Lipinski definition) is 1. The number of carbonyl (C=O) groups is 1. The number of aliphatic hydroxyl groups is 1. The smallest absolute Gasteiger partial charge is 0.222 e. The number of carbonyl (C=O) groups excluding carboxylic acids is 1. The van der Waals surface area contributed by atoms with Crippen LogP contribution in [0.1, 0.15) is 58.8 Å². The van der Waals surface area contributed by atoms with Crippen molar-refractivity contribution in [2.24, 2.45) is 5.92 Å². The minimum absolute atomic E-state index is 0.230. The Bertz CT molecular complexity index is 228. The molecular formula is C14H27NO2. The Kier molecular flexibility index (Phi) is 6.56. The molecule has 3 heteroatoms. The van der Waals surface area contributed by atoms with Gasteiger partial charge in [0.2, 0.25) is 5.91 Å². The van der Waals surface area contributed by atoms with Crippen LogP contribution in [0, 0.1) is 5.92 Å². The summed E-state index contributed by atoms with van der Waals surface area (Å²) in [5, 5.41) is 9.51. The van der Waals surface area contributed by atoms with Gasteiger partial charge in [0.25, 0.3) is 0 Å². The number of aliphatic hydroxyl groups excluding tert-OH is 1. The largest absolute Gasteiger partial charge is 0.391 e. The number of piperidine rings is 1. The first-order valence-electron chi connectivity index (χ1n) is 7.05. The molecule has 17 heavy (non-hydrogen) atoms. The van der Waals surface area contributed by atoms with E-state index in [0.29, 0.717) is 13.0 Å². The van der Waals surface area contributed by atoms with E-state index < -0.39 is 0 Å². The maximum absolute atomic E-state index is 11.9. The van der Waals surface area contributed by atoms with E-state index in [0.717, 1.165) is 38.1 Å². The van der Waals surface area contributed by atoms with Gasteiger partial charge < -0.3 is 10.0 Å². The van der Waals surface area contributed by atoms with Crippen molar-refractivity contribution < 1.29 is 9.90 Å². The summed E-state index contributed by atoms with van der Waals surface area (Å²) in [5.41, 5.74) is 0. The van der Waals surface area contributed by atoms with Crippen molar-refractivity contribution in [3.8, 4) is 0 Å². The molecule has 0 spiro atoms. The number of likely N-dealkylation sites (tertiary alicyclic amines) is 1. The van der Waals surface area contributed by atoms with Crippen LogP contribution in [0.25, 0.3) is 0 Å². The molecule has 0 aliphatic carbocycles. The lowest BCUT2D eigenvalue weighted by molar-refractivity contribution is -0.134. The zero-order valence-electron chi connectivity index (χ0n) is 11.3. The number of hydrogen-bond acceptors (Lipinski definition) is 2. The number of unbranched alkanes of at least 4 members (excludes halogenated alkanes) is 2. The lowest BCUT2D eigenvalue weighted by atomic mass is 10.0. The summed E-state index contributed by atoms with van der Waals surface area (Å²) < 4.78 is 0. The summed E-state index contributed by atoms with van der Waals surface area (Å²) in [6.07, 6.45) is 6.79. The SMILES string of the molecule is CC(C)CCCCCC(=O)N1CCCC(O)C1. The molecule has 1 atom stereocenters. The fraction of sp³-hybridized carbons (Fsp3) is 0.929. The van der Waals surface area contributed by atoms with Gasteiger partial charge in [0.15, 0.2) is 0 Å². The van der Waals surface area contributed by atoms with Gasteiger partial charge in [-0.25, -0.2) is 0 Å². The zero-order valence-corrected chi connectivity index (χ0v) is 11.3. The molecule has 1 N–H and O–H groups in total. The molecule has 1 heterocycles. The van der Waals surface area contributed by atoms with Crippen molar-refractivity contribution in [3.63, 3.8) is 0 Å². The Morgan fingerprint density at radius 3 is 2.76 bits per heavy atom. The molecule has 1 saturated heterocycles. The fourth-order valence-electron chi connectivity index (χ4n) is 2.34. The fourth-order valence-corrected chi connectivity index (χ4v) is 2.34. The van der Waals surface area contributed by atoms with Crippen LogP contribution >= 0.6 is 0 Å². The molecule has 1 amide bonds. The van der Waals surface area contributed by atoms with Crippen LogP contribution in [0.5, 0.6) is 0 Å². The number of nitrogens with zero attached hydrogens (tertiary/aromatic N) is 1. The summed E-state index contributed by atoms with van der Waals surface area (Å²) in [5.74, 6) is 0.997. The summed E-state index contributed by atoms with van der Waals surface area (Å²) in [7, 11) is 0. The third-order valence-corrected chi connectivity index (χ3v) is 3.42. The van der Waals surface area contributed by atoms with Crippen molar-refractivity contribution in [3.05, 3.63) is 0 Å². The van der Waals surface area contributed by atoms with E-state index in [1.165, 1.54) is 12.8 Å². The topological polar surface area (TPSA) is 40.5 Å². The first-order chi connectivity index (χ1) is 8.09. The molecule has 1 aliphatic heterocycles. The van der Waals surface area contributed by atoms with Gasteiger partial charge in [-0.3, -0.25) is 4.79 Å². The van der Waals surface area contributed by atoms with Crippen LogP contribution in [0.2, 0.25) is 0 Å². The first-order valence-corrected chi connectivity index (χ1v) is 7.05. The average molecular weight is 241 g/mol. The van der Waals surface area contributed by atoms with Gasteiger partial charge in [0, 0.05) is 19.5 Å². The maximum Gasteiger partial charge on any atom is 0.222 e. The number of rotatable bonds is 6. The number of β-amino-alcohol motifs (C(OH)–C–C–N with tert-alkyl or cyclic N) is 1. The molecule has 0 radical (unpaired) electrons. The Labute approximate surface area is 105 Å². The highest BCUT2D eigenvalue weighted by atomic mass is 16.3. The summed E-state index contributed by atoms with van der Waals surface area (Å²) >= 11 is 0. The Balaban J connectivity index is 2.08. The van der Waals surface area contributed by atoms with Crippen molar-refractivity contribution in [2.75, 3.05) is 13.1 Å². The van der Waals surface area contributed by atoms with E-state index in [4.69, 9.17) is 0 Å². The van der Waals surface area contributed by atoms with Gasteiger partial charge in [0.1, 0.15) is 0 Å². The van der Waals surface area contributed by atoms with Gasteiger partial charge in [-0.1, -0.05) is 33.1 Å². The molecule has 0 bridgehead atoms. The third-order valence-electron chi connectivity index (χ3n) is 3.42. The predicted molar refractivity (Wildman–Crippen MR) is 69.7 cm³/mol. The molecule has 0 saturated carbocycles. The van der Waals surface area contributed by atoms with Gasteiger partial charge >= 0.3 is 0 Å². The van der Waals surface area contributed by atoms with Gasteiger partial charge in [-0.2, -0.15) is 0 Å². The molecule has 0 aromatic heterocycles. The van der Waals surface area contributed by atoms with Crippen LogP contribution in [-0.4, -0.2) is 35.1 Å². The monoisotopic (exact) mass is 241 g/mol. The second kappa shape index (κ2) is 7.70. The molecule has 0 aromatic rings. The highest BCUT2D eigenvalue weighted by Gasteiger charge is 2.21. The number of amides is 1. The average Bonchev–Trinajstić information content (AvgIpc) is 2.28. The highest BCUT2D eigenvalue weighted by Crippen LogP contribution is 2.14. The minimum Gasteiger partial charge on any atom is -0.391 e. The van der Waals surface area contributed by atoms with Crippen LogP contribution in [0.4, 0.5) is 0 Å². The summed E-state index contributed by atoms with van der Waals surface area (Å²) in [6.45, 7) is 5.85. The van der Waals surface area contributed by atoms with Crippen molar-refractivity contribution in [2.45, 2.75) is 64.9 Å². The van der Waals surface area contributed by atoms with Crippen molar-refractivity contribution in [1.82, 2.24) is 4.90 Å². The summed E-state index contributed by atoms with van der Waals surface area (Å²) in [4.78, 5) is 13.7. The minimum atomic E-state index is -0.298. The van der Waals surface area contributed by atoms with E-state index in [1.54, 1.807) is 0 Å². The van der Waals surface area contributed by atoms with Gasteiger partial charge in [0.05, 0.1) is 6.10 Å². The van der Waals surface area contributed by atoms with E-state index in [1.807, 2.05) is 4.90 Å². The molecule has 0 aromatic carbocycles. The lowest BCUT2D eigenvalue weighted by Crippen LogP contribution is -2.42. The quantitative estimate of drug-likeness (QED) is 0.726. The zero-order chi connectivity index (χ0) is 12.7. The molecule has 1 fully saturated rings. The normalized spacial score (nSPS) is 20.9. The molecule has 1 rings (SSSR count). The van der Waals surface area contributed by atoms with Crippen LogP contribution in [-0.2, 0) is 4.79 Å². The van der Waals surface area contributed by atoms with Crippen LogP contribution in [0.15, 0.2) is 0 Å². The van der Waals surface area contributed by atoms with Crippen LogP contribution < -0.4 is 0 Å². The second-order valence-electron chi connectivity index (χ2n) is 5.63. The van der Waals surface area contributed by atoms with E-state index in [9.17, 15) is 9.90 Å². The molecule has 1 unspecified atom stereocenters. The maximum atomic E-state index is 11.9. The first kappa shape index (κ1) is 14.5. The highest BCUT2D eigenvalue weighted by molar-refractivity contribution is 5.76. The van der Waals surface area contributed by atoms with Crippen molar-refractivity contribution in [1.29, 1.82) is 0 Å². The Hall–Kier alpha value is -0.570. The van der Waals surface area contributed by atoms with E-state index in [-0.39, 0.29) is 12.0 Å². The van der Waals surface area contributed by atoms with Gasteiger partial charge in [-0.05, 0) is 25.2 Å². The molecule has 100 valence electrons. The second-order valence-corrected chi connectivity index (χ2v) is 5.63. The Morgan fingerprint density at radius 2 is 2.12 bits per heavy atom. The van der Waals surface area contributed by atoms with Crippen molar-refractivity contribution >= 4 is 5.91 Å². The third kappa shape index (κ3) is 6.06. The van der Waals surface area contributed by atoms with Crippen LogP contribution in [0.3, 0.4) is 0 Å². The predicted octanol–water partition coefficient (Wildman–Crippen LogP) is 2.58. The standard InChI is InChI=1S/C14H27NO2/c1-12(2)7-4-3-5-9-14(17)15-10-6-8-13(16)11-15/h12-13,16H,3-11H2,1-2H3. The molecule has 3 nitrogen and oxygen atoms in total. The lowest BCUT2D eigenvalue weighted by Gasteiger charge is -2.30. The van der Waals surface area contributed by atoms with E-state index in [2.05, 4.69) is 13.8 Å². The van der Waals surface area contributed by atoms with Gasteiger partial charge in [-0.15, -0.1) is 0 Å². The van der Waals surface area contributed by atoms with E-state index >= 15 is 0 Å². The summed E-state index contributed by atoms with van der Waals surface area (Å²) in [6, 6.07) is 0. The molecule has 1 aliphatic rings. The molecular weight excluding hydrogens is 214 g/mol.